The van der Waals surface area contributed by atoms with Crippen molar-refractivity contribution in [2.45, 2.75) is 45.1 Å². The van der Waals surface area contributed by atoms with Crippen LogP contribution < -0.4 is 10.2 Å². The number of amides is 1. The SMILES string of the molecule is O=C(Nc1nc2ccccc2s1)C1CCN(c2ncnc3c2nc2n3CCCCC2)CC1. The van der Waals surface area contributed by atoms with Crippen molar-refractivity contribution in [3.8, 4) is 0 Å². The smallest absolute Gasteiger partial charge is 0.229 e. The van der Waals surface area contributed by atoms with Crippen LogP contribution in [-0.4, -0.2) is 43.5 Å². The molecule has 1 saturated heterocycles. The number of piperidine rings is 1. The lowest BCUT2D eigenvalue weighted by atomic mass is 9.96. The van der Waals surface area contributed by atoms with Gasteiger partial charge in [0.25, 0.3) is 0 Å². The molecule has 2 aliphatic rings. The van der Waals surface area contributed by atoms with E-state index in [0.717, 1.165) is 71.9 Å². The highest BCUT2D eigenvalue weighted by atomic mass is 32.1. The first-order valence-electron chi connectivity index (χ1n) is 11.4. The fourth-order valence-electron chi connectivity index (χ4n) is 4.84. The van der Waals surface area contributed by atoms with Crippen LogP contribution in [0.1, 0.15) is 37.9 Å². The van der Waals surface area contributed by atoms with Crippen LogP contribution in [0.25, 0.3) is 21.4 Å². The lowest BCUT2D eigenvalue weighted by Gasteiger charge is -2.31. The summed E-state index contributed by atoms with van der Waals surface area (Å²) in [5.41, 5.74) is 2.78. The number of aryl methyl sites for hydroxylation is 2. The number of imidazole rings is 1. The zero-order chi connectivity index (χ0) is 21.5. The van der Waals surface area contributed by atoms with Crippen LogP contribution in [0.15, 0.2) is 30.6 Å². The maximum Gasteiger partial charge on any atom is 0.229 e. The average molecular weight is 448 g/mol. The van der Waals surface area contributed by atoms with Gasteiger partial charge in [-0.3, -0.25) is 4.79 Å². The van der Waals surface area contributed by atoms with E-state index in [1.165, 1.54) is 30.6 Å². The van der Waals surface area contributed by atoms with Crippen molar-refractivity contribution in [1.29, 1.82) is 0 Å². The summed E-state index contributed by atoms with van der Waals surface area (Å²) in [5.74, 6) is 2.07. The lowest BCUT2D eigenvalue weighted by molar-refractivity contribution is -0.120. The number of nitrogens with one attached hydrogen (secondary N) is 1. The van der Waals surface area contributed by atoms with Crippen LogP contribution in [0.3, 0.4) is 0 Å². The van der Waals surface area contributed by atoms with Crippen molar-refractivity contribution >= 4 is 49.6 Å². The van der Waals surface area contributed by atoms with Crippen LogP contribution in [-0.2, 0) is 17.8 Å². The zero-order valence-corrected chi connectivity index (χ0v) is 18.6. The van der Waals surface area contributed by atoms with Crippen molar-refractivity contribution < 1.29 is 4.79 Å². The highest BCUT2D eigenvalue weighted by molar-refractivity contribution is 7.22. The molecule has 6 rings (SSSR count). The Labute approximate surface area is 189 Å². The predicted octanol–water partition coefficient (Wildman–Crippen LogP) is 4.02. The van der Waals surface area contributed by atoms with Gasteiger partial charge in [0.1, 0.15) is 12.2 Å². The molecular weight excluding hydrogens is 422 g/mol. The average Bonchev–Trinajstić information content (AvgIpc) is 3.31. The number of fused-ring (bicyclic) bond motifs is 4. The van der Waals surface area contributed by atoms with Crippen LogP contribution >= 0.6 is 11.3 Å². The van der Waals surface area contributed by atoms with Crippen molar-refractivity contribution in [3.05, 3.63) is 36.4 Å². The van der Waals surface area contributed by atoms with Gasteiger partial charge >= 0.3 is 0 Å². The summed E-state index contributed by atoms with van der Waals surface area (Å²) in [6, 6.07) is 7.95. The molecule has 1 amide bonds. The molecule has 164 valence electrons. The molecule has 0 aliphatic carbocycles. The Morgan fingerprint density at radius 1 is 1.03 bits per heavy atom. The van der Waals surface area contributed by atoms with Gasteiger partial charge in [-0.2, -0.15) is 0 Å². The minimum absolute atomic E-state index is 0.0192. The first-order valence-corrected chi connectivity index (χ1v) is 12.2. The number of hydrogen-bond donors (Lipinski definition) is 1. The van der Waals surface area contributed by atoms with Gasteiger partial charge in [0.05, 0.1) is 10.2 Å². The second-order valence-corrected chi connectivity index (χ2v) is 9.63. The summed E-state index contributed by atoms with van der Waals surface area (Å²) in [7, 11) is 0. The van der Waals surface area contributed by atoms with Crippen molar-refractivity contribution in [2.24, 2.45) is 5.92 Å². The highest BCUT2D eigenvalue weighted by Crippen LogP contribution is 2.30. The first-order chi connectivity index (χ1) is 15.8. The molecule has 1 aromatic carbocycles. The summed E-state index contributed by atoms with van der Waals surface area (Å²) >= 11 is 1.52. The largest absolute Gasteiger partial charge is 0.355 e. The third kappa shape index (κ3) is 3.50. The van der Waals surface area contributed by atoms with E-state index in [9.17, 15) is 4.79 Å². The van der Waals surface area contributed by atoms with Crippen molar-refractivity contribution in [1.82, 2.24) is 24.5 Å². The van der Waals surface area contributed by atoms with Gasteiger partial charge in [0.2, 0.25) is 5.91 Å². The van der Waals surface area contributed by atoms with E-state index in [4.69, 9.17) is 4.98 Å². The molecule has 32 heavy (non-hydrogen) atoms. The molecule has 3 aromatic heterocycles. The van der Waals surface area contributed by atoms with E-state index in [0.29, 0.717) is 5.13 Å². The van der Waals surface area contributed by atoms with Gasteiger partial charge in [0.15, 0.2) is 22.1 Å². The van der Waals surface area contributed by atoms with Gasteiger partial charge in [-0.05, 0) is 37.8 Å². The number of aromatic nitrogens is 5. The van der Waals surface area contributed by atoms with E-state index in [1.54, 1.807) is 6.33 Å². The van der Waals surface area contributed by atoms with E-state index >= 15 is 0 Å². The van der Waals surface area contributed by atoms with Gasteiger partial charge in [-0.1, -0.05) is 29.9 Å². The lowest BCUT2D eigenvalue weighted by Crippen LogP contribution is -2.38. The zero-order valence-electron chi connectivity index (χ0n) is 17.8. The second kappa shape index (κ2) is 8.12. The molecule has 8 nitrogen and oxygen atoms in total. The molecule has 0 bridgehead atoms. The summed E-state index contributed by atoms with van der Waals surface area (Å²) < 4.78 is 3.36. The van der Waals surface area contributed by atoms with Gasteiger partial charge in [-0.25, -0.2) is 19.9 Å². The minimum atomic E-state index is -0.0192. The second-order valence-electron chi connectivity index (χ2n) is 8.60. The number of para-hydroxylation sites is 1. The Hall–Kier alpha value is -3.07. The number of thiazole rings is 1. The fraction of sp³-hybridized carbons (Fsp3) is 0.435. The third-order valence-electron chi connectivity index (χ3n) is 6.56. The maximum absolute atomic E-state index is 12.9. The van der Waals surface area contributed by atoms with Crippen molar-refractivity contribution in [3.63, 3.8) is 0 Å². The molecule has 0 atom stereocenters. The van der Waals surface area contributed by atoms with E-state index in [-0.39, 0.29) is 11.8 Å². The van der Waals surface area contributed by atoms with E-state index in [2.05, 4.69) is 29.7 Å². The van der Waals surface area contributed by atoms with Crippen LogP contribution in [0.4, 0.5) is 10.9 Å². The normalized spacial score (nSPS) is 17.4. The third-order valence-corrected chi connectivity index (χ3v) is 7.51. The van der Waals surface area contributed by atoms with Crippen LogP contribution in [0, 0.1) is 5.92 Å². The molecule has 4 aromatic rings. The summed E-state index contributed by atoms with van der Waals surface area (Å²) in [6.45, 7) is 2.55. The van der Waals surface area contributed by atoms with E-state index < -0.39 is 0 Å². The van der Waals surface area contributed by atoms with Gasteiger partial charge < -0.3 is 14.8 Å². The molecule has 0 unspecified atom stereocenters. The minimum Gasteiger partial charge on any atom is -0.355 e. The first kappa shape index (κ1) is 19.6. The Balaban J connectivity index is 1.16. The molecule has 2 aliphatic heterocycles. The number of hydrogen-bond acceptors (Lipinski definition) is 7. The van der Waals surface area contributed by atoms with E-state index in [1.807, 2.05) is 24.3 Å². The van der Waals surface area contributed by atoms with Gasteiger partial charge in [0, 0.05) is 32.0 Å². The Morgan fingerprint density at radius 3 is 2.78 bits per heavy atom. The summed E-state index contributed by atoms with van der Waals surface area (Å²) in [6.07, 6.45) is 7.84. The number of anilines is 2. The predicted molar refractivity (Wildman–Crippen MR) is 126 cm³/mol. The molecule has 0 radical (unpaired) electrons. The molecule has 0 spiro atoms. The quantitative estimate of drug-likeness (QED) is 0.510. The molecule has 1 fully saturated rings. The number of rotatable bonds is 3. The molecule has 0 saturated carbocycles. The molecule has 9 heteroatoms. The fourth-order valence-corrected chi connectivity index (χ4v) is 5.71. The molecule has 5 heterocycles. The van der Waals surface area contributed by atoms with Crippen molar-refractivity contribution in [2.75, 3.05) is 23.3 Å². The Kier molecular flexibility index (Phi) is 4.98. The van der Waals surface area contributed by atoms with Gasteiger partial charge in [-0.15, -0.1) is 0 Å². The number of benzene rings is 1. The monoisotopic (exact) mass is 447 g/mol. The topological polar surface area (TPSA) is 88.8 Å². The van der Waals surface area contributed by atoms with Crippen LogP contribution in [0.5, 0.6) is 0 Å². The molecular formula is C23H25N7OS. The number of carbonyl (C=O) groups is 1. The number of carbonyl (C=O) groups excluding carboxylic acids is 1. The standard InChI is InChI=1S/C23H25N7OS/c31-22(28-23-26-16-6-3-4-7-17(16)32-23)15-9-12-29(13-10-15)20-19-21(25-14-24-20)30-11-5-1-2-8-18(30)27-19/h3-4,6-7,14-15H,1-2,5,8-13H2,(H,26,28,31). The molecule has 1 N–H and O–H groups in total. The van der Waals surface area contributed by atoms with Crippen LogP contribution in [0.2, 0.25) is 0 Å². The Bertz CT molecular complexity index is 1260. The maximum atomic E-state index is 12.9. The Morgan fingerprint density at radius 2 is 1.91 bits per heavy atom. The highest BCUT2D eigenvalue weighted by Gasteiger charge is 2.28. The number of nitrogens with zero attached hydrogens (tertiary/aromatic N) is 6. The summed E-state index contributed by atoms with van der Waals surface area (Å²) in [5, 5.41) is 3.71. The summed E-state index contributed by atoms with van der Waals surface area (Å²) in [4.78, 5) is 33.7.